The number of rotatable bonds is 22. The van der Waals surface area contributed by atoms with E-state index < -0.39 is 25.1 Å². The Balaban J connectivity index is 4.17. The Labute approximate surface area is 223 Å². The van der Waals surface area contributed by atoms with Gasteiger partial charge < -0.3 is 27.9 Å². The molecule has 0 heterocycles. The highest BCUT2D eigenvalue weighted by Gasteiger charge is 2.34. The minimum absolute atomic E-state index is 0.0195. The SMILES string of the molecule is CCC/C=C\CCCC/C=C\CCCCCOC[C@H](COP(=O)([O-])C(CC)[N+](C)(C)C)OC(C)(C)C. The van der Waals surface area contributed by atoms with Gasteiger partial charge in [-0.25, -0.2) is 0 Å². The fourth-order valence-corrected chi connectivity index (χ4v) is 5.95. The maximum absolute atomic E-state index is 12.8. The van der Waals surface area contributed by atoms with E-state index >= 15 is 0 Å². The van der Waals surface area contributed by atoms with Gasteiger partial charge in [0.1, 0.15) is 6.10 Å². The summed E-state index contributed by atoms with van der Waals surface area (Å²) in [6.45, 7) is 10.9. The lowest BCUT2D eigenvalue weighted by Crippen LogP contribution is -2.47. The molecule has 2 unspecified atom stereocenters. The van der Waals surface area contributed by atoms with Crippen LogP contribution in [0.4, 0.5) is 0 Å². The van der Waals surface area contributed by atoms with E-state index in [1.54, 1.807) is 0 Å². The molecule has 0 amide bonds. The molecule has 0 aromatic rings. The van der Waals surface area contributed by atoms with Crippen LogP contribution in [-0.4, -0.2) is 62.9 Å². The average molecular weight is 532 g/mol. The number of allylic oxidation sites excluding steroid dienone is 4. The zero-order valence-electron chi connectivity index (χ0n) is 24.8. The number of quaternary nitrogens is 1. The van der Waals surface area contributed by atoms with Crippen LogP contribution in [0.1, 0.15) is 105 Å². The zero-order valence-corrected chi connectivity index (χ0v) is 25.7. The Morgan fingerprint density at radius 2 is 1.36 bits per heavy atom. The lowest BCUT2D eigenvalue weighted by Gasteiger charge is -2.41. The van der Waals surface area contributed by atoms with E-state index in [1.165, 1.54) is 38.5 Å². The summed E-state index contributed by atoms with van der Waals surface area (Å²) in [6.07, 6.45) is 21.0. The summed E-state index contributed by atoms with van der Waals surface area (Å²) >= 11 is 0. The Morgan fingerprint density at radius 3 is 1.83 bits per heavy atom. The molecule has 0 saturated carbocycles. The molecule has 0 aliphatic heterocycles. The smallest absolute Gasteiger partial charge is 0.193 e. The van der Waals surface area contributed by atoms with Gasteiger partial charge >= 0.3 is 0 Å². The van der Waals surface area contributed by atoms with Crippen molar-refractivity contribution in [3.8, 4) is 0 Å². The Bertz CT molecular complexity index is 637. The molecule has 0 spiro atoms. The molecule has 0 saturated heterocycles. The van der Waals surface area contributed by atoms with E-state index in [0.717, 1.165) is 25.7 Å². The molecule has 0 N–H and O–H groups in total. The highest BCUT2D eigenvalue weighted by Crippen LogP contribution is 2.47. The van der Waals surface area contributed by atoms with Gasteiger partial charge in [-0.1, -0.05) is 51.0 Å². The predicted molar refractivity (Wildman–Crippen MR) is 151 cm³/mol. The number of hydrogen-bond donors (Lipinski definition) is 0. The lowest BCUT2D eigenvalue weighted by atomic mass is 10.1. The lowest BCUT2D eigenvalue weighted by molar-refractivity contribution is -0.884. The highest BCUT2D eigenvalue weighted by atomic mass is 31.2. The first-order chi connectivity index (χ1) is 16.8. The molecule has 0 aliphatic carbocycles. The summed E-state index contributed by atoms with van der Waals surface area (Å²) < 4.78 is 30.4. The molecular formula is C29H58NO5P. The average Bonchev–Trinajstić information content (AvgIpc) is 2.75. The molecule has 36 heavy (non-hydrogen) atoms. The standard InChI is InChI=1S/C29H58NO5P/c1-9-11-12-13-14-15-16-17-18-19-20-21-22-23-24-33-25-27(35-29(3,4)5)26-34-36(31,32)28(10-2)30(6,7)8/h12-13,18-19,27-28H,9-11,14-17,20-26H2,1-8H3/b13-12-,19-18-/t27-,28?/m1/s1. The highest BCUT2D eigenvalue weighted by molar-refractivity contribution is 7.51. The molecule has 0 rings (SSSR count). The van der Waals surface area contributed by atoms with Crippen LogP contribution in [0.15, 0.2) is 24.3 Å². The number of ether oxygens (including phenoxy) is 2. The van der Waals surface area contributed by atoms with Crippen molar-refractivity contribution in [1.82, 2.24) is 0 Å². The van der Waals surface area contributed by atoms with E-state index in [-0.39, 0.29) is 6.61 Å². The van der Waals surface area contributed by atoms with Crippen molar-refractivity contribution in [2.45, 2.75) is 123 Å². The summed E-state index contributed by atoms with van der Waals surface area (Å²) in [5.41, 5.74) is -0.410. The Hall–Kier alpha value is -0.490. The summed E-state index contributed by atoms with van der Waals surface area (Å²) in [5.74, 6) is -0.588. The first-order valence-corrected chi connectivity index (χ1v) is 15.8. The first-order valence-electron chi connectivity index (χ1n) is 14.2. The second-order valence-electron chi connectivity index (χ2n) is 11.6. The maximum Gasteiger partial charge on any atom is 0.193 e. The van der Waals surface area contributed by atoms with Gasteiger partial charge in [-0.3, -0.25) is 0 Å². The van der Waals surface area contributed by atoms with Crippen molar-refractivity contribution in [2.24, 2.45) is 0 Å². The molecule has 0 radical (unpaired) electrons. The fourth-order valence-electron chi connectivity index (χ4n) is 4.11. The van der Waals surface area contributed by atoms with Gasteiger partial charge in [0.05, 0.1) is 40.0 Å². The molecular weight excluding hydrogens is 473 g/mol. The molecule has 0 aromatic heterocycles. The minimum atomic E-state index is -4.04. The normalized spacial score (nSPS) is 16.6. The van der Waals surface area contributed by atoms with Crippen LogP contribution in [0.2, 0.25) is 0 Å². The van der Waals surface area contributed by atoms with Crippen LogP contribution in [0, 0.1) is 0 Å². The van der Waals surface area contributed by atoms with Gasteiger partial charge in [0, 0.05) is 13.0 Å². The molecule has 7 heteroatoms. The summed E-state index contributed by atoms with van der Waals surface area (Å²) in [7, 11) is 1.58. The van der Waals surface area contributed by atoms with Crippen LogP contribution in [-0.2, 0) is 18.6 Å². The van der Waals surface area contributed by atoms with Crippen LogP contribution in [0.3, 0.4) is 0 Å². The fraction of sp³-hybridized carbons (Fsp3) is 0.862. The van der Waals surface area contributed by atoms with Gasteiger partial charge in [-0.2, -0.15) is 0 Å². The van der Waals surface area contributed by atoms with Crippen molar-refractivity contribution in [2.75, 3.05) is 41.0 Å². The largest absolute Gasteiger partial charge is 0.774 e. The van der Waals surface area contributed by atoms with Gasteiger partial charge in [0.15, 0.2) is 13.4 Å². The first kappa shape index (κ1) is 35.5. The number of nitrogens with zero attached hydrogens (tertiary/aromatic N) is 1. The van der Waals surface area contributed by atoms with Crippen molar-refractivity contribution < 1.29 is 27.9 Å². The summed E-state index contributed by atoms with van der Waals surface area (Å²) in [4.78, 5) is 12.8. The third-order valence-corrected chi connectivity index (χ3v) is 8.13. The number of unbranched alkanes of at least 4 members (excludes halogenated alkanes) is 7. The topological polar surface area (TPSA) is 67.8 Å². The van der Waals surface area contributed by atoms with Crippen LogP contribution >= 0.6 is 7.60 Å². The maximum atomic E-state index is 12.8. The van der Waals surface area contributed by atoms with Crippen LogP contribution in [0.5, 0.6) is 0 Å². The van der Waals surface area contributed by atoms with E-state index in [1.807, 2.05) is 48.8 Å². The summed E-state index contributed by atoms with van der Waals surface area (Å²) in [5, 5.41) is 0. The molecule has 0 aliphatic rings. The second-order valence-corrected chi connectivity index (χ2v) is 13.6. The quantitative estimate of drug-likeness (QED) is 0.0638. The molecule has 6 nitrogen and oxygen atoms in total. The van der Waals surface area contributed by atoms with Gasteiger partial charge in [-0.15, -0.1) is 0 Å². The molecule has 0 bridgehead atoms. The van der Waals surface area contributed by atoms with E-state index in [2.05, 4.69) is 31.2 Å². The third kappa shape index (κ3) is 19.6. The van der Waals surface area contributed by atoms with Crippen molar-refractivity contribution in [1.29, 1.82) is 0 Å². The zero-order chi connectivity index (χ0) is 27.5. The van der Waals surface area contributed by atoms with Crippen molar-refractivity contribution in [3.63, 3.8) is 0 Å². The Kier molecular flexibility index (Phi) is 19.3. The predicted octanol–water partition coefficient (Wildman–Crippen LogP) is 7.23. The molecule has 0 fully saturated rings. The van der Waals surface area contributed by atoms with Crippen LogP contribution < -0.4 is 4.89 Å². The van der Waals surface area contributed by atoms with E-state index in [9.17, 15) is 9.46 Å². The molecule has 214 valence electrons. The third-order valence-electron chi connectivity index (χ3n) is 5.83. The van der Waals surface area contributed by atoms with Crippen LogP contribution in [0.25, 0.3) is 0 Å². The van der Waals surface area contributed by atoms with Crippen molar-refractivity contribution in [3.05, 3.63) is 24.3 Å². The monoisotopic (exact) mass is 531 g/mol. The van der Waals surface area contributed by atoms with Crippen molar-refractivity contribution >= 4 is 7.60 Å². The molecule has 0 aromatic carbocycles. The van der Waals surface area contributed by atoms with Gasteiger partial charge in [-0.05, 0) is 72.1 Å². The van der Waals surface area contributed by atoms with E-state index in [0.29, 0.717) is 24.1 Å². The Morgan fingerprint density at radius 1 is 0.833 bits per heavy atom. The summed E-state index contributed by atoms with van der Waals surface area (Å²) in [6, 6.07) is 0. The minimum Gasteiger partial charge on any atom is -0.774 e. The van der Waals surface area contributed by atoms with E-state index in [4.69, 9.17) is 14.0 Å². The second kappa shape index (κ2) is 19.6. The molecule has 3 atom stereocenters. The number of hydrogen-bond acceptors (Lipinski definition) is 5. The van der Waals surface area contributed by atoms with Gasteiger partial charge in [0.2, 0.25) is 0 Å². The van der Waals surface area contributed by atoms with Gasteiger partial charge in [0.25, 0.3) is 0 Å².